The van der Waals surface area contributed by atoms with Crippen LogP contribution in [-0.4, -0.2) is 27.5 Å². The molecule has 1 aromatic heterocycles. The van der Waals surface area contributed by atoms with E-state index in [1.165, 1.54) is 37.7 Å². The standard InChI is InChI=1S/C14H25N3O/c1-12-3-2-4-14(6-5-12)15-9-13-10-16-17(11-13)7-8-18/h10-12,14-15,18H,2-9H2,1H3. The van der Waals surface area contributed by atoms with E-state index < -0.39 is 0 Å². The maximum absolute atomic E-state index is 8.84. The predicted octanol–water partition coefficient (Wildman–Crippen LogP) is 1.93. The van der Waals surface area contributed by atoms with Crippen molar-refractivity contribution < 1.29 is 5.11 Å². The minimum Gasteiger partial charge on any atom is -0.394 e. The normalized spacial score (nSPS) is 25.0. The molecule has 0 radical (unpaired) electrons. The molecule has 4 heteroatoms. The summed E-state index contributed by atoms with van der Waals surface area (Å²) >= 11 is 0. The third kappa shape index (κ3) is 4.10. The molecular weight excluding hydrogens is 226 g/mol. The van der Waals surface area contributed by atoms with Crippen LogP contribution in [0.25, 0.3) is 0 Å². The summed E-state index contributed by atoms with van der Waals surface area (Å²) in [5, 5.41) is 16.7. The monoisotopic (exact) mass is 251 g/mol. The number of nitrogens with one attached hydrogen (secondary N) is 1. The van der Waals surface area contributed by atoms with Crippen molar-refractivity contribution in [2.75, 3.05) is 6.61 Å². The summed E-state index contributed by atoms with van der Waals surface area (Å²) in [4.78, 5) is 0. The molecule has 1 aliphatic carbocycles. The average Bonchev–Trinajstić information content (AvgIpc) is 2.70. The Balaban J connectivity index is 1.76. The zero-order valence-corrected chi connectivity index (χ0v) is 11.3. The zero-order valence-electron chi connectivity index (χ0n) is 11.3. The molecule has 2 unspecified atom stereocenters. The molecule has 18 heavy (non-hydrogen) atoms. The topological polar surface area (TPSA) is 50.1 Å². The van der Waals surface area contributed by atoms with Gasteiger partial charge in [-0.05, 0) is 25.2 Å². The Morgan fingerprint density at radius 3 is 3.11 bits per heavy atom. The first-order chi connectivity index (χ1) is 8.78. The molecule has 1 heterocycles. The smallest absolute Gasteiger partial charge is 0.0640 e. The SMILES string of the molecule is CC1CCCC(NCc2cnn(CCO)c2)CC1. The van der Waals surface area contributed by atoms with Crippen LogP contribution in [0.3, 0.4) is 0 Å². The van der Waals surface area contributed by atoms with E-state index >= 15 is 0 Å². The van der Waals surface area contributed by atoms with Crippen LogP contribution in [0.15, 0.2) is 12.4 Å². The number of nitrogens with zero attached hydrogens (tertiary/aromatic N) is 2. The average molecular weight is 251 g/mol. The van der Waals surface area contributed by atoms with Crippen LogP contribution in [0, 0.1) is 5.92 Å². The molecule has 4 nitrogen and oxygen atoms in total. The first-order valence-electron chi connectivity index (χ1n) is 7.13. The van der Waals surface area contributed by atoms with E-state index in [1.807, 2.05) is 12.4 Å². The van der Waals surface area contributed by atoms with Crippen molar-refractivity contribution in [2.45, 2.75) is 58.2 Å². The molecule has 0 spiro atoms. The maximum atomic E-state index is 8.84. The zero-order chi connectivity index (χ0) is 12.8. The van der Waals surface area contributed by atoms with E-state index in [0.29, 0.717) is 12.6 Å². The van der Waals surface area contributed by atoms with Crippen LogP contribution in [-0.2, 0) is 13.1 Å². The highest BCUT2D eigenvalue weighted by atomic mass is 16.3. The Bertz CT molecular complexity index is 351. The highest BCUT2D eigenvalue weighted by Gasteiger charge is 2.15. The van der Waals surface area contributed by atoms with E-state index in [2.05, 4.69) is 17.3 Å². The number of aromatic nitrogens is 2. The number of hydrogen-bond donors (Lipinski definition) is 2. The Hall–Kier alpha value is -0.870. The molecule has 1 saturated carbocycles. The molecule has 0 bridgehead atoms. The highest BCUT2D eigenvalue weighted by molar-refractivity contribution is 5.03. The molecule has 2 atom stereocenters. The molecule has 0 aliphatic heterocycles. The third-order valence-electron chi connectivity index (χ3n) is 3.87. The quantitative estimate of drug-likeness (QED) is 0.786. The van der Waals surface area contributed by atoms with Gasteiger partial charge in [0, 0.05) is 24.3 Å². The summed E-state index contributed by atoms with van der Waals surface area (Å²) in [5.74, 6) is 0.893. The Labute approximate surface area is 109 Å². The fraction of sp³-hybridized carbons (Fsp3) is 0.786. The first-order valence-corrected chi connectivity index (χ1v) is 7.13. The lowest BCUT2D eigenvalue weighted by Crippen LogP contribution is -2.27. The largest absolute Gasteiger partial charge is 0.394 e. The number of aliphatic hydroxyl groups excluding tert-OH is 1. The van der Waals surface area contributed by atoms with E-state index in [1.54, 1.807) is 4.68 Å². The molecule has 102 valence electrons. The molecule has 0 saturated heterocycles. The lowest BCUT2D eigenvalue weighted by Gasteiger charge is -2.15. The minimum absolute atomic E-state index is 0.148. The molecule has 0 aromatic carbocycles. The van der Waals surface area contributed by atoms with Crippen LogP contribution in [0.4, 0.5) is 0 Å². The summed E-state index contributed by atoms with van der Waals surface area (Å²) in [6, 6.07) is 0.663. The Morgan fingerprint density at radius 2 is 2.28 bits per heavy atom. The predicted molar refractivity (Wildman–Crippen MR) is 72.2 cm³/mol. The fourth-order valence-corrected chi connectivity index (χ4v) is 2.68. The van der Waals surface area contributed by atoms with Crippen LogP contribution in [0.1, 0.15) is 44.6 Å². The van der Waals surface area contributed by atoms with Gasteiger partial charge in [0.1, 0.15) is 0 Å². The van der Waals surface area contributed by atoms with E-state index in [9.17, 15) is 0 Å². The van der Waals surface area contributed by atoms with Gasteiger partial charge in [0.2, 0.25) is 0 Å². The van der Waals surface area contributed by atoms with Crippen molar-refractivity contribution in [3.8, 4) is 0 Å². The second-order valence-corrected chi connectivity index (χ2v) is 5.53. The second kappa shape index (κ2) is 6.90. The van der Waals surface area contributed by atoms with Crippen molar-refractivity contribution in [3.63, 3.8) is 0 Å². The number of hydrogen-bond acceptors (Lipinski definition) is 3. The lowest BCUT2D eigenvalue weighted by atomic mass is 10.0. The molecule has 2 N–H and O–H groups in total. The summed E-state index contributed by atoms with van der Waals surface area (Å²) in [5.41, 5.74) is 1.21. The molecular formula is C14H25N3O. The van der Waals surface area contributed by atoms with Gasteiger partial charge in [-0.2, -0.15) is 5.10 Å². The van der Waals surface area contributed by atoms with Crippen molar-refractivity contribution in [3.05, 3.63) is 18.0 Å². The molecule has 1 fully saturated rings. The van der Waals surface area contributed by atoms with Gasteiger partial charge in [-0.25, -0.2) is 0 Å². The maximum Gasteiger partial charge on any atom is 0.0640 e. The third-order valence-corrected chi connectivity index (χ3v) is 3.87. The van der Waals surface area contributed by atoms with Crippen LogP contribution >= 0.6 is 0 Å². The first kappa shape index (κ1) is 13.6. The van der Waals surface area contributed by atoms with Crippen LogP contribution in [0.2, 0.25) is 0 Å². The molecule has 1 aliphatic rings. The van der Waals surface area contributed by atoms with Gasteiger partial charge in [-0.3, -0.25) is 4.68 Å². The van der Waals surface area contributed by atoms with Crippen molar-refractivity contribution >= 4 is 0 Å². The summed E-state index contributed by atoms with van der Waals surface area (Å²) in [7, 11) is 0. The van der Waals surface area contributed by atoms with Crippen molar-refractivity contribution in [1.82, 2.24) is 15.1 Å². The fourth-order valence-electron chi connectivity index (χ4n) is 2.68. The molecule has 1 aromatic rings. The Morgan fingerprint density at radius 1 is 1.39 bits per heavy atom. The van der Waals surface area contributed by atoms with Gasteiger partial charge in [-0.1, -0.05) is 19.8 Å². The second-order valence-electron chi connectivity index (χ2n) is 5.53. The summed E-state index contributed by atoms with van der Waals surface area (Å²) in [6.45, 7) is 3.99. The van der Waals surface area contributed by atoms with Crippen LogP contribution in [0.5, 0.6) is 0 Å². The van der Waals surface area contributed by atoms with E-state index in [0.717, 1.165) is 12.5 Å². The lowest BCUT2D eigenvalue weighted by molar-refractivity contribution is 0.269. The minimum atomic E-state index is 0.148. The number of aliphatic hydroxyl groups is 1. The van der Waals surface area contributed by atoms with Gasteiger partial charge in [0.25, 0.3) is 0 Å². The van der Waals surface area contributed by atoms with Gasteiger partial charge in [0.15, 0.2) is 0 Å². The van der Waals surface area contributed by atoms with Gasteiger partial charge < -0.3 is 10.4 Å². The van der Waals surface area contributed by atoms with Crippen LogP contribution < -0.4 is 5.32 Å². The van der Waals surface area contributed by atoms with E-state index in [-0.39, 0.29) is 6.61 Å². The van der Waals surface area contributed by atoms with Crippen molar-refractivity contribution in [2.24, 2.45) is 5.92 Å². The molecule has 2 rings (SSSR count). The molecule has 0 amide bonds. The van der Waals surface area contributed by atoms with Gasteiger partial charge in [-0.15, -0.1) is 0 Å². The van der Waals surface area contributed by atoms with E-state index in [4.69, 9.17) is 5.11 Å². The van der Waals surface area contributed by atoms with Gasteiger partial charge in [0.05, 0.1) is 19.3 Å². The highest BCUT2D eigenvalue weighted by Crippen LogP contribution is 2.22. The van der Waals surface area contributed by atoms with Gasteiger partial charge >= 0.3 is 0 Å². The summed E-state index contributed by atoms with van der Waals surface area (Å²) < 4.78 is 1.80. The Kier molecular flexibility index (Phi) is 5.20. The van der Waals surface area contributed by atoms with Crippen molar-refractivity contribution in [1.29, 1.82) is 0 Å². The summed E-state index contributed by atoms with van der Waals surface area (Å²) in [6.07, 6.45) is 10.6. The number of rotatable bonds is 5.